The first-order valence-electron chi connectivity index (χ1n) is 13.8. The van der Waals surface area contributed by atoms with Crippen molar-refractivity contribution in [3.05, 3.63) is 169 Å². The van der Waals surface area contributed by atoms with Crippen molar-refractivity contribution in [3.8, 4) is 39.3 Å². The Kier molecular flexibility index (Phi) is 7.51. The van der Waals surface area contributed by atoms with Gasteiger partial charge in [0.15, 0.2) is 0 Å². The Morgan fingerprint density at radius 3 is 1.46 bits per heavy atom. The molecule has 0 aliphatic heterocycles. The molecule has 1 heterocycles. The van der Waals surface area contributed by atoms with Gasteiger partial charge in [0.1, 0.15) is 6.10 Å². The van der Waals surface area contributed by atoms with Crippen LogP contribution in [0.15, 0.2) is 158 Å². The SMILES string of the molecule is CC(OC(=O)c1ccc(-[n+]2c(-c3ccccc3)cc(-c3ccccc3)cc2-c2ccccc2)cc1)c1ccccc1. The third kappa shape index (κ3) is 5.70. The van der Waals surface area contributed by atoms with Crippen molar-refractivity contribution in [3.63, 3.8) is 0 Å². The largest absolute Gasteiger partial charge is 0.454 e. The fourth-order valence-electron chi connectivity index (χ4n) is 5.08. The molecular weight excluding hydrogens is 502 g/mol. The maximum absolute atomic E-state index is 13.0. The average molecular weight is 533 g/mol. The van der Waals surface area contributed by atoms with Crippen molar-refractivity contribution in [2.75, 3.05) is 0 Å². The van der Waals surface area contributed by atoms with E-state index in [-0.39, 0.29) is 12.1 Å². The summed E-state index contributed by atoms with van der Waals surface area (Å²) in [6, 6.07) is 53.2. The molecule has 5 aromatic carbocycles. The van der Waals surface area contributed by atoms with Crippen molar-refractivity contribution in [1.29, 1.82) is 0 Å². The Balaban J connectivity index is 1.46. The highest BCUT2D eigenvalue weighted by Crippen LogP contribution is 2.30. The number of aromatic nitrogens is 1. The Hall–Kier alpha value is -5.28. The predicted molar refractivity (Wildman–Crippen MR) is 165 cm³/mol. The summed E-state index contributed by atoms with van der Waals surface area (Å²) in [6.45, 7) is 1.89. The highest BCUT2D eigenvalue weighted by atomic mass is 16.5. The van der Waals surface area contributed by atoms with Gasteiger partial charge in [-0.05, 0) is 60.0 Å². The van der Waals surface area contributed by atoms with E-state index in [9.17, 15) is 4.79 Å². The molecule has 0 spiro atoms. The number of pyridine rings is 1. The van der Waals surface area contributed by atoms with E-state index in [2.05, 4.69) is 89.5 Å². The molecule has 0 bridgehead atoms. The topological polar surface area (TPSA) is 30.2 Å². The van der Waals surface area contributed by atoms with Crippen molar-refractivity contribution in [2.24, 2.45) is 0 Å². The van der Waals surface area contributed by atoms with E-state index in [1.54, 1.807) is 0 Å². The third-order valence-electron chi connectivity index (χ3n) is 7.23. The zero-order valence-electron chi connectivity index (χ0n) is 22.9. The number of esters is 1. The fourth-order valence-corrected chi connectivity index (χ4v) is 5.08. The van der Waals surface area contributed by atoms with Gasteiger partial charge in [-0.2, -0.15) is 4.57 Å². The van der Waals surface area contributed by atoms with Gasteiger partial charge in [0.05, 0.1) is 5.56 Å². The lowest BCUT2D eigenvalue weighted by Crippen LogP contribution is -2.36. The van der Waals surface area contributed by atoms with Crippen LogP contribution in [0.5, 0.6) is 0 Å². The zero-order chi connectivity index (χ0) is 28.0. The predicted octanol–water partition coefficient (Wildman–Crippen LogP) is 8.88. The third-order valence-corrected chi connectivity index (χ3v) is 7.23. The maximum Gasteiger partial charge on any atom is 0.338 e. The molecule has 1 unspecified atom stereocenters. The molecular formula is C38H30NO2+. The van der Waals surface area contributed by atoms with Gasteiger partial charge in [0.2, 0.25) is 17.1 Å². The summed E-state index contributed by atoms with van der Waals surface area (Å²) < 4.78 is 8.04. The first-order valence-corrected chi connectivity index (χ1v) is 13.8. The summed E-state index contributed by atoms with van der Waals surface area (Å²) in [5, 5.41) is 0. The van der Waals surface area contributed by atoms with Gasteiger partial charge in [-0.3, -0.25) is 0 Å². The van der Waals surface area contributed by atoms with Crippen LogP contribution in [0.25, 0.3) is 39.3 Å². The van der Waals surface area contributed by atoms with Crippen LogP contribution in [0.2, 0.25) is 0 Å². The minimum absolute atomic E-state index is 0.336. The molecule has 0 fully saturated rings. The molecule has 3 heteroatoms. The van der Waals surface area contributed by atoms with Gasteiger partial charge in [-0.15, -0.1) is 0 Å². The van der Waals surface area contributed by atoms with Gasteiger partial charge >= 0.3 is 5.97 Å². The molecule has 1 aromatic heterocycles. The smallest absolute Gasteiger partial charge is 0.338 e. The van der Waals surface area contributed by atoms with E-state index in [4.69, 9.17) is 4.74 Å². The molecule has 6 aromatic rings. The molecule has 198 valence electrons. The second-order valence-electron chi connectivity index (χ2n) is 9.95. The average Bonchev–Trinajstić information content (AvgIpc) is 3.06. The van der Waals surface area contributed by atoms with Crippen LogP contribution in [0.3, 0.4) is 0 Å². The summed E-state index contributed by atoms with van der Waals surface area (Å²) in [5.41, 5.74) is 9.03. The Morgan fingerprint density at radius 2 is 0.976 bits per heavy atom. The highest BCUT2D eigenvalue weighted by Gasteiger charge is 2.25. The van der Waals surface area contributed by atoms with Gasteiger partial charge in [-0.1, -0.05) is 97.1 Å². The maximum atomic E-state index is 13.0. The first kappa shape index (κ1) is 26.0. The number of ether oxygens (including phenoxy) is 1. The highest BCUT2D eigenvalue weighted by molar-refractivity contribution is 5.89. The number of carbonyl (C=O) groups excluding carboxylic acids is 1. The minimum atomic E-state index is -0.344. The summed E-state index contributed by atoms with van der Waals surface area (Å²) in [6.07, 6.45) is -0.336. The van der Waals surface area contributed by atoms with Gasteiger partial charge in [0, 0.05) is 35.4 Å². The number of hydrogen-bond acceptors (Lipinski definition) is 2. The number of nitrogens with zero attached hydrogens (tertiary/aromatic N) is 1. The molecule has 1 atom stereocenters. The molecule has 0 saturated carbocycles. The summed E-state index contributed by atoms with van der Waals surface area (Å²) in [7, 11) is 0. The van der Waals surface area contributed by atoms with Crippen LogP contribution in [-0.4, -0.2) is 5.97 Å². The number of hydrogen-bond donors (Lipinski definition) is 0. The summed E-state index contributed by atoms with van der Waals surface area (Å²) >= 11 is 0. The van der Waals surface area contributed by atoms with E-state index in [1.165, 1.54) is 0 Å². The van der Waals surface area contributed by atoms with Crippen LogP contribution in [0.1, 0.15) is 28.9 Å². The minimum Gasteiger partial charge on any atom is -0.454 e. The van der Waals surface area contributed by atoms with Crippen LogP contribution in [-0.2, 0) is 4.74 Å². The van der Waals surface area contributed by atoms with Gasteiger partial charge in [0.25, 0.3) is 0 Å². The van der Waals surface area contributed by atoms with Crippen molar-refractivity contribution >= 4 is 5.97 Å². The van der Waals surface area contributed by atoms with Gasteiger partial charge in [-0.25, -0.2) is 4.79 Å². The van der Waals surface area contributed by atoms with Crippen LogP contribution in [0, 0.1) is 0 Å². The molecule has 3 nitrogen and oxygen atoms in total. The molecule has 0 aliphatic rings. The molecule has 6 rings (SSSR count). The zero-order valence-corrected chi connectivity index (χ0v) is 22.9. The van der Waals surface area contributed by atoms with E-state index >= 15 is 0 Å². The number of benzene rings is 5. The second-order valence-corrected chi connectivity index (χ2v) is 9.95. The lowest BCUT2D eigenvalue weighted by atomic mass is 9.98. The molecule has 0 N–H and O–H groups in total. The normalized spacial score (nSPS) is 11.5. The van der Waals surface area contributed by atoms with E-state index < -0.39 is 0 Å². The van der Waals surface area contributed by atoms with Crippen molar-refractivity contribution in [1.82, 2.24) is 0 Å². The Bertz CT molecular complexity index is 1690. The fraction of sp³-hybridized carbons (Fsp3) is 0.0526. The molecule has 41 heavy (non-hydrogen) atoms. The van der Waals surface area contributed by atoms with Crippen LogP contribution >= 0.6 is 0 Å². The Morgan fingerprint density at radius 1 is 0.537 bits per heavy atom. The van der Waals surface area contributed by atoms with Crippen molar-refractivity contribution in [2.45, 2.75) is 13.0 Å². The van der Waals surface area contributed by atoms with Crippen molar-refractivity contribution < 1.29 is 14.1 Å². The lowest BCUT2D eigenvalue weighted by Gasteiger charge is -2.14. The van der Waals surface area contributed by atoms with E-state index in [1.807, 2.05) is 79.7 Å². The van der Waals surface area contributed by atoms with E-state index in [0.717, 1.165) is 44.9 Å². The van der Waals surface area contributed by atoms with E-state index in [0.29, 0.717) is 5.56 Å². The molecule has 0 amide bonds. The molecule has 0 aliphatic carbocycles. The molecule has 0 saturated heterocycles. The summed E-state index contributed by atoms with van der Waals surface area (Å²) in [5.74, 6) is -0.344. The molecule has 0 radical (unpaired) electrons. The van der Waals surface area contributed by atoms with Gasteiger partial charge < -0.3 is 4.74 Å². The quantitative estimate of drug-likeness (QED) is 0.152. The lowest BCUT2D eigenvalue weighted by molar-refractivity contribution is -0.572. The second kappa shape index (κ2) is 11.8. The monoisotopic (exact) mass is 532 g/mol. The van der Waals surface area contributed by atoms with Crippen LogP contribution in [0.4, 0.5) is 0 Å². The number of rotatable bonds is 7. The summed E-state index contributed by atoms with van der Waals surface area (Å²) in [4.78, 5) is 13.0. The first-order chi connectivity index (χ1) is 20.2. The standard InChI is InChI=1S/C38H30NO2/c1-28(29-14-6-2-7-15-29)41-38(40)33-22-24-35(25-23-33)39-36(31-18-10-4-11-19-31)26-34(30-16-8-3-9-17-30)27-37(39)32-20-12-5-13-21-32/h2-28H,1H3/q+1. The number of carbonyl (C=O) groups is 1. The Labute approximate surface area is 241 Å². The van der Waals surface area contributed by atoms with Crippen LogP contribution < -0.4 is 4.57 Å².